The maximum absolute atomic E-state index is 4.61. The summed E-state index contributed by atoms with van der Waals surface area (Å²) in [5, 5.41) is 0. The average Bonchev–Trinajstić information content (AvgIpc) is 2.38. The number of aryl methyl sites for hydroxylation is 1. The Balaban J connectivity index is 2.07. The van der Waals surface area contributed by atoms with Gasteiger partial charge in [0.05, 0.1) is 0 Å². The van der Waals surface area contributed by atoms with E-state index in [1.54, 1.807) is 0 Å². The second kappa shape index (κ2) is 5.97. The van der Waals surface area contributed by atoms with Gasteiger partial charge in [0, 0.05) is 44.7 Å². The van der Waals surface area contributed by atoms with Gasteiger partial charge in [0.1, 0.15) is 16.2 Å². The van der Waals surface area contributed by atoms with Crippen molar-refractivity contribution >= 4 is 21.7 Å². The predicted molar refractivity (Wildman–Crippen MR) is 78.0 cm³/mol. The predicted octanol–water partition coefficient (Wildman–Crippen LogP) is 2.33. The number of anilines is 1. The highest BCUT2D eigenvalue weighted by atomic mass is 79.9. The molecule has 2 heterocycles. The summed E-state index contributed by atoms with van der Waals surface area (Å²) < 4.78 is 0.885. The average molecular weight is 313 g/mol. The Hall–Kier alpha value is -0.680. The van der Waals surface area contributed by atoms with Gasteiger partial charge < -0.3 is 4.90 Å². The van der Waals surface area contributed by atoms with Gasteiger partial charge in [0.2, 0.25) is 0 Å². The number of piperazine rings is 1. The highest BCUT2D eigenvalue weighted by Gasteiger charge is 2.20. The van der Waals surface area contributed by atoms with Crippen molar-refractivity contribution in [3.05, 3.63) is 16.5 Å². The second-order valence-electron chi connectivity index (χ2n) is 4.94. The molecule has 4 nitrogen and oxygen atoms in total. The van der Waals surface area contributed by atoms with Crippen LogP contribution >= 0.6 is 15.9 Å². The lowest BCUT2D eigenvalue weighted by Gasteiger charge is -2.37. The Morgan fingerprint density at radius 1 is 1.22 bits per heavy atom. The molecule has 1 aliphatic rings. The van der Waals surface area contributed by atoms with E-state index in [0.717, 1.165) is 48.8 Å². The van der Waals surface area contributed by atoms with Crippen LogP contribution in [0.5, 0.6) is 0 Å². The molecule has 0 saturated carbocycles. The van der Waals surface area contributed by atoms with Gasteiger partial charge in [-0.1, -0.05) is 6.92 Å². The molecule has 0 atom stereocenters. The monoisotopic (exact) mass is 312 g/mol. The zero-order chi connectivity index (χ0) is 13.1. The molecule has 0 aromatic carbocycles. The molecule has 1 fully saturated rings. The summed E-state index contributed by atoms with van der Waals surface area (Å²) in [6.45, 7) is 10.9. The lowest BCUT2D eigenvalue weighted by atomic mass is 10.2. The van der Waals surface area contributed by atoms with E-state index in [-0.39, 0.29) is 0 Å². The van der Waals surface area contributed by atoms with Gasteiger partial charge in [-0.05, 0) is 29.8 Å². The summed E-state index contributed by atoms with van der Waals surface area (Å²) in [6.07, 6.45) is 0.873. The quantitative estimate of drug-likeness (QED) is 0.802. The molecule has 0 aliphatic carbocycles. The minimum Gasteiger partial charge on any atom is -0.354 e. The second-order valence-corrected chi connectivity index (χ2v) is 5.75. The van der Waals surface area contributed by atoms with E-state index >= 15 is 0 Å². The SMILES string of the molecule is CCc1nc(Br)cc(N2CCN(C(C)C)CC2)n1. The molecule has 2 rings (SSSR count). The Bertz CT molecular complexity index is 400. The first-order valence-electron chi connectivity index (χ1n) is 6.62. The van der Waals surface area contributed by atoms with Gasteiger partial charge in [-0.25, -0.2) is 9.97 Å². The van der Waals surface area contributed by atoms with Crippen LogP contribution in [-0.2, 0) is 6.42 Å². The number of hydrogen-bond acceptors (Lipinski definition) is 4. The largest absolute Gasteiger partial charge is 0.354 e. The molecule has 0 radical (unpaired) electrons. The molecule has 0 unspecified atom stereocenters. The normalized spacial score (nSPS) is 17.5. The van der Waals surface area contributed by atoms with Crippen molar-refractivity contribution in [3.8, 4) is 0 Å². The van der Waals surface area contributed by atoms with Crippen LogP contribution < -0.4 is 4.90 Å². The van der Waals surface area contributed by atoms with E-state index in [4.69, 9.17) is 0 Å². The van der Waals surface area contributed by atoms with E-state index in [2.05, 4.69) is 56.5 Å². The van der Waals surface area contributed by atoms with Crippen LogP contribution in [0.25, 0.3) is 0 Å². The zero-order valence-electron chi connectivity index (χ0n) is 11.4. The number of hydrogen-bond donors (Lipinski definition) is 0. The van der Waals surface area contributed by atoms with Crippen LogP contribution in [0.4, 0.5) is 5.82 Å². The molecule has 1 aliphatic heterocycles. The van der Waals surface area contributed by atoms with Gasteiger partial charge >= 0.3 is 0 Å². The van der Waals surface area contributed by atoms with Crippen LogP contribution in [0.15, 0.2) is 10.7 Å². The van der Waals surface area contributed by atoms with E-state index < -0.39 is 0 Å². The molecule has 1 aromatic heterocycles. The summed E-state index contributed by atoms with van der Waals surface area (Å²) >= 11 is 3.47. The Morgan fingerprint density at radius 2 is 1.89 bits per heavy atom. The Kier molecular flexibility index (Phi) is 4.56. The van der Waals surface area contributed by atoms with Crippen LogP contribution in [0, 0.1) is 0 Å². The fourth-order valence-electron chi connectivity index (χ4n) is 2.24. The lowest BCUT2D eigenvalue weighted by Crippen LogP contribution is -2.49. The van der Waals surface area contributed by atoms with Gasteiger partial charge in [0.25, 0.3) is 0 Å². The van der Waals surface area contributed by atoms with Gasteiger partial charge in [0.15, 0.2) is 0 Å². The first-order valence-corrected chi connectivity index (χ1v) is 7.42. The molecule has 0 N–H and O–H groups in total. The maximum Gasteiger partial charge on any atom is 0.133 e. The molecule has 1 aromatic rings. The molecule has 0 bridgehead atoms. The van der Waals surface area contributed by atoms with Crippen molar-refractivity contribution in [3.63, 3.8) is 0 Å². The molecule has 0 amide bonds. The fourth-order valence-corrected chi connectivity index (χ4v) is 2.65. The summed E-state index contributed by atoms with van der Waals surface area (Å²) in [7, 11) is 0. The molecular formula is C13H21BrN4. The fraction of sp³-hybridized carbons (Fsp3) is 0.692. The molecule has 0 spiro atoms. The minimum absolute atomic E-state index is 0.635. The summed E-state index contributed by atoms with van der Waals surface area (Å²) in [6, 6.07) is 2.65. The van der Waals surface area contributed by atoms with E-state index in [1.165, 1.54) is 0 Å². The number of halogens is 1. The van der Waals surface area contributed by atoms with Crippen molar-refractivity contribution < 1.29 is 0 Å². The zero-order valence-corrected chi connectivity index (χ0v) is 12.9. The van der Waals surface area contributed by atoms with Gasteiger partial charge in [-0.15, -0.1) is 0 Å². The third kappa shape index (κ3) is 3.20. The van der Waals surface area contributed by atoms with E-state index in [9.17, 15) is 0 Å². The number of rotatable bonds is 3. The standard InChI is InChI=1S/C13H21BrN4/c1-4-12-15-11(14)9-13(16-12)18-7-5-17(6-8-18)10(2)3/h9-10H,4-8H2,1-3H3. The summed E-state index contributed by atoms with van der Waals surface area (Å²) in [4.78, 5) is 13.8. The molecule has 5 heteroatoms. The van der Waals surface area contributed by atoms with Gasteiger partial charge in [-0.2, -0.15) is 0 Å². The Labute approximate surface area is 118 Å². The van der Waals surface area contributed by atoms with Crippen LogP contribution in [0.3, 0.4) is 0 Å². The van der Waals surface area contributed by atoms with E-state index in [1.807, 2.05) is 6.07 Å². The van der Waals surface area contributed by atoms with Crippen molar-refractivity contribution in [1.82, 2.24) is 14.9 Å². The third-order valence-electron chi connectivity index (χ3n) is 3.41. The van der Waals surface area contributed by atoms with Crippen molar-refractivity contribution in [2.24, 2.45) is 0 Å². The molecule has 18 heavy (non-hydrogen) atoms. The highest BCUT2D eigenvalue weighted by molar-refractivity contribution is 9.10. The van der Waals surface area contributed by atoms with Crippen molar-refractivity contribution in [1.29, 1.82) is 0 Å². The van der Waals surface area contributed by atoms with E-state index in [0.29, 0.717) is 6.04 Å². The number of aromatic nitrogens is 2. The van der Waals surface area contributed by atoms with Crippen molar-refractivity contribution in [2.75, 3.05) is 31.1 Å². The van der Waals surface area contributed by atoms with Crippen LogP contribution in [-0.4, -0.2) is 47.1 Å². The summed E-state index contributed by atoms with van der Waals surface area (Å²) in [5.74, 6) is 1.96. The Morgan fingerprint density at radius 3 is 2.44 bits per heavy atom. The van der Waals surface area contributed by atoms with Crippen molar-refractivity contribution in [2.45, 2.75) is 33.2 Å². The molecular weight excluding hydrogens is 292 g/mol. The molecule has 1 saturated heterocycles. The smallest absolute Gasteiger partial charge is 0.133 e. The van der Waals surface area contributed by atoms with Crippen LogP contribution in [0.1, 0.15) is 26.6 Å². The topological polar surface area (TPSA) is 32.3 Å². The summed E-state index contributed by atoms with van der Waals surface area (Å²) in [5.41, 5.74) is 0. The third-order valence-corrected chi connectivity index (χ3v) is 3.82. The van der Waals surface area contributed by atoms with Crippen LogP contribution in [0.2, 0.25) is 0 Å². The lowest BCUT2D eigenvalue weighted by molar-refractivity contribution is 0.209. The minimum atomic E-state index is 0.635. The van der Waals surface area contributed by atoms with Gasteiger partial charge in [-0.3, -0.25) is 4.90 Å². The molecule has 100 valence electrons. The first-order chi connectivity index (χ1) is 8.60. The number of nitrogens with zero attached hydrogens (tertiary/aromatic N) is 4. The first kappa shape index (κ1) is 13.7. The highest BCUT2D eigenvalue weighted by Crippen LogP contribution is 2.19. The maximum atomic E-state index is 4.61.